The Morgan fingerprint density at radius 2 is 1.75 bits per heavy atom. The van der Waals surface area contributed by atoms with Gasteiger partial charge >= 0.3 is 0 Å². The first kappa shape index (κ1) is 17.0. The lowest BCUT2D eigenvalue weighted by Crippen LogP contribution is -2.09. The minimum absolute atomic E-state index is 0.295. The molecule has 0 rings (SSSR count). The highest BCUT2D eigenvalue weighted by atomic mass is 14.6. The molecule has 2 heteroatoms. The van der Waals surface area contributed by atoms with Crippen LogP contribution in [0.4, 0.5) is 0 Å². The Kier molecular flexibility index (Phi) is 10.7. The third kappa shape index (κ3) is 5.44. The van der Waals surface area contributed by atoms with Crippen molar-refractivity contribution in [3.05, 3.63) is 47.9 Å². The summed E-state index contributed by atoms with van der Waals surface area (Å²) in [5.74, 6) is 0.295. The predicted octanol–water partition coefficient (Wildman–Crippen LogP) is 3.49. The summed E-state index contributed by atoms with van der Waals surface area (Å²) in [6.07, 6.45) is 7.14. The number of hydrogen-bond donors (Lipinski definition) is 2. The highest BCUT2D eigenvalue weighted by Gasteiger charge is 2.06. The molecule has 2 nitrogen and oxygen atoms in total. The molecule has 0 fully saturated rings. The van der Waals surface area contributed by atoms with Crippen LogP contribution in [-0.4, -0.2) is 0 Å². The Morgan fingerprint density at radius 3 is 2.00 bits per heavy atom. The maximum absolute atomic E-state index is 5.96. The van der Waals surface area contributed by atoms with Gasteiger partial charge in [0, 0.05) is 17.5 Å². The van der Waals surface area contributed by atoms with Crippen LogP contribution < -0.4 is 11.5 Å². The van der Waals surface area contributed by atoms with Crippen molar-refractivity contribution < 1.29 is 0 Å². The van der Waals surface area contributed by atoms with Crippen molar-refractivity contribution in [3.8, 4) is 0 Å². The number of rotatable bonds is 4. The van der Waals surface area contributed by atoms with Crippen molar-refractivity contribution in [3.63, 3.8) is 0 Å². The van der Waals surface area contributed by atoms with Crippen molar-refractivity contribution in [1.82, 2.24) is 0 Å². The monoisotopic (exact) mass is 222 g/mol. The minimum atomic E-state index is 0.295. The summed E-state index contributed by atoms with van der Waals surface area (Å²) in [7, 11) is 0. The number of allylic oxidation sites excluding steroid dienone is 6. The van der Waals surface area contributed by atoms with Gasteiger partial charge in [-0.2, -0.15) is 0 Å². The maximum Gasteiger partial charge on any atom is 0.0186 e. The molecule has 0 saturated heterocycles. The van der Waals surface area contributed by atoms with E-state index in [1.54, 1.807) is 12.3 Å². The molecule has 0 bridgehead atoms. The quantitative estimate of drug-likeness (QED) is 0.715. The van der Waals surface area contributed by atoms with Gasteiger partial charge in [0.1, 0.15) is 0 Å². The van der Waals surface area contributed by atoms with Crippen molar-refractivity contribution in [2.75, 3.05) is 0 Å². The summed E-state index contributed by atoms with van der Waals surface area (Å²) in [5, 5.41) is 0. The first-order valence-electron chi connectivity index (χ1n) is 5.75. The van der Waals surface area contributed by atoms with Gasteiger partial charge in [0.05, 0.1) is 0 Å². The fourth-order valence-corrected chi connectivity index (χ4v) is 1.13. The van der Waals surface area contributed by atoms with Crippen LogP contribution in [0.2, 0.25) is 0 Å². The molecule has 16 heavy (non-hydrogen) atoms. The summed E-state index contributed by atoms with van der Waals surface area (Å²) < 4.78 is 0. The third-order valence-corrected chi connectivity index (χ3v) is 1.97. The number of hydrogen-bond acceptors (Lipinski definition) is 2. The molecule has 0 heterocycles. The van der Waals surface area contributed by atoms with Crippen LogP contribution in [0.3, 0.4) is 0 Å². The Balaban J connectivity index is 0. The first-order chi connectivity index (χ1) is 7.58. The van der Waals surface area contributed by atoms with Gasteiger partial charge in [-0.25, -0.2) is 0 Å². The Bertz CT molecular complexity index is 281. The van der Waals surface area contributed by atoms with Crippen LogP contribution >= 0.6 is 0 Å². The molecule has 0 aliphatic rings. The van der Waals surface area contributed by atoms with Crippen LogP contribution in [0.15, 0.2) is 47.9 Å². The van der Waals surface area contributed by atoms with Gasteiger partial charge in [-0.3, -0.25) is 0 Å². The zero-order valence-electron chi connectivity index (χ0n) is 11.2. The predicted molar refractivity (Wildman–Crippen MR) is 74.7 cm³/mol. The average Bonchev–Trinajstić information content (AvgIpc) is 2.31. The normalized spacial score (nSPS) is 13.2. The van der Waals surface area contributed by atoms with E-state index in [1.807, 2.05) is 46.8 Å². The molecule has 4 N–H and O–H groups in total. The topological polar surface area (TPSA) is 52.0 Å². The van der Waals surface area contributed by atoms with E-state index < -0.39 is 0 Å². The van der Waals surface area contributed by atoms with Gasteiger partial charge in [0.15, 0.2) is 0 Å². The van der Waals surface area contributed by atoms with Crippen molar-refractivity contribution in [1.29, 1.82) is 0 Å². The highest BCUT2D eigenvalue weighted by molar-refractivity contribution is 5.47. The zero-order valence-corrected chi connectivity index (χ0v) is 11.2. The molecule has 0 atom stereocenters. The zero-order chi connectivity index (χ0) is 13.1. The molecule has 92 valence electrons. The summed E-state index contributed by atoms with van der Waals surface area (Å²) in [6.45, 7) is 13.8. The van der Waals surface area contributed by atoms with Crippen molar-refractivity contribution in [2.45, 2.75) is 34.6 Å². The standard InChI is InChI=1S/C12H20N2.C2H6/c1-5-7-10(8-13)11(6-2)12(14)9(3)4;1-2/h5-9H,2,13-14H2,1,3-4H3;1-2H3/b7-5-,10-8-,12-11-;. The van der Waals surface area contributed by atoms with E-state index >= 15 is 0 Å². The van der Waals surface area contributed by atoms with E-state index in [1.165, 1.54) is 0 Å². The fraction of sp³-hybridized carbons (Fsp3) is 0.429. The van der Waals surface area contributed by atoms with Crippen LogP contribution in [0.5, 0.6) is 0 Å². The van der Waals surface area contributed by atoms with Gasteiger partial charge < -0.3 is 11.5 Å². The molecule has 0 unspecified atom stereocenters. The summed E-state index contributed by atoms with van der Waals surface area (Å²) in [6, 6.07) is 0. The smallest absolute Gasteiger partial charge is 0.0186 e. The van der Waals surface area contributed by atoms with Gasteiger partial charge in [0.25, 0.3) is 0 Å². The molecule has 0 radical (unpaired) electrons. The summed E-state index contributed by atoms with van der Waals surface area (Å²) in [4.78, 5) is 0. The highest BCUT2D eigenvalue weighted by Crippen LogP contribution is 2.18. The van der Waals surface area contributed by atoms with Crippen molar-refractivity contribution in [2.24, 2.45) is 17.4 Å². The Morgan fingerprint density at radius 1 is 1.25 bits per heavy atom. The molecule has 0 aromatic carbocycles. The second-order valence-corrected chi connectivity index (χ2v) is 3.35. The number of nitrogens with two attached hydrogens (primary N) is 2. The lowest BCUT2D eigenvalue weighted by molar-refractivity contribution is 0.750. The fourth-order valence-electron chi connectivity index (χ4n) is 1.13. The Hall–Kier alpha value is -1.44. The largest absolute Gasteiger partial charge is 0.404 e. The minimum Gasteiger partial charge on any atom is -0.404 e. The lowest BCUT2D eigenvalue weighted by Gasteiger charge is -2.12. The molecular formula is C14H26N2. The van der Waals surface area contributed by atoms with E-state index in [-0.39, 0.29) is 0 Å². The summed E-state index contributed by atoms with van der Waals surface area (Å²) >= 11 is 0. The molecule has 0 amide bonds. The lowest BCUT2D eigenvalue weighted by atomic mass is 9.98. The van der Waals surface area contributed by atoms with Crippen LogP contribution in [0, 0.1) is 5.92 Å². The SMILES string of the molecule is C=CC(/C(/C=C\C)=C\N)=C(/N)C(C)C.CC. The van der Waals surface area contributed by atoms with Gasteiger partial charge in [-0.15, -0.1) is 0 Å². The third-order valence-electron chi connectivity index (χ3n) is 1.97. The second-order valence-electron chi connectivity index (χ2n) is 3.35. The molecule has 0 saturated carbocycles. The van der Waals surface area contributed by atoms with Crippen LogP contribution in [0.25, 0.3) is 0 Å². The average molecular weight is 222 g/mol. The van der Waals surface area contributed by atoms with E-state index in [9.17, 15) is 0 Å². The van der Waals surface area contributed by atoms with Gasteiger partial charge in [-0.05, 0) is 18.4 Å². The van der Waals surface area contributed by atoms with E-state index in [0.29, 0.717) is 5.92 Å². The Labute approximate surface area is 100 Å². The summed E-state index contributed by atoms with van der Waals surface area (Å²) in [5.41, 5.74) is 14.1. The van der Waals surface area contributed by atoms with Crippen LogP contribution in [0.1, 0.15) is 34.6 Å². The van der Waals surface area contributed by atoms with E-state index in [0.717, 1.165) is 16.8 Å². The molecule has 0 spiro atoms. The molecular weight excluding hydrogens is 196 g/mol. The molecule has 0 aromatic heterocycles. The molecule has 0 aliphatic carbocycles. The van der Waals surface area contributed by atoms with E-state index in [4.69, 9.17) is 11.5 Å². The van der Waals surface area contributed by atoms with Crippen LogP contribution in [-0.2, 0) is 0 Å². The van der Waals surface area contributed by atoms with Gasteiger partial charge in [0.2, 0.25) is 0 Å². The van der Waals surface area contributed by atoms with E-state index in [2.05, 4.69) is 6.58 Å². The van der Waals surface area contributed by atoms with Gasteiger partial charge in [-0.1, -0.05) is 52.5 Å². The molecule has 0 aromatic rings. The second kappa shape index (κ2) is 10.1. The first-order valence-corrected chi connectivity index (χ1v) is 5.75. The maximum atomic E-state index is 5.96. The molecule has 0 aliphatic heterocycles. The van der Waals surface area contributed by atoms with Crippen molar-refractivity contribution >= 4 is 0 Å².